The van der Waals surface area contributed by atoms with Crippen LogP contribution < -0.4 is 0 Å². The van der Waals surface area contributed by atoms with Crippen LogP contribution in [0.3, 0.4) is 0 Å². The molecule has 0 atom stereocenters. The number of Topliss-reactive ketones (excluding diaryl/α,β-unsaturated/α-hetero) is 1. The highest BCUT2D eigenvalue weighted by molar-refractivity contribution is 7.18. The Hall–Kier alpha value is -2.86. The van der Waals surface area contributed by atoms with E-state index in [1.165, 1.54) is 11.1 Å². The molecule has 0 fully saturated rings. The molecule has 6 heteroatoms. The van der Waals surface area contributed by atoms with Crippen molar-refractivity contribution in [2.24, 2.45) is 0 Å². The topological polar surface area (TPSA) is 68.9 Å². The number of hydrogen-bond donors (Lipinski definition) is 0. The van der Waals surface area contributed by atoms with Crippen molar-refractivity contribution in [2.45, 2.75) is 26.2 Å². The zero-order chi connectivity index (χ0) is 17.9. The largest absolute Gasteiger partial charge is 0.425 e. The first-order valence-electron chi connectivity index (χ1n) is 8.43. The van der Waals surface area contributed by atoms with Crippen LogP contribution in [0, 0.1) is 0 Å². The van der Waals surface area contributed by atoms with Gasteiger partial charge in [0.25, 0.3) is 0 Å². The molecular weight excluding hydrogens is 346 g/mol. The van der Waals surface area contributed by atoms with E-state index in [1.807, 2.05) is 24.3 Å². The third-order valence-electron chi connectivity index (χ3n) is 4.04. The van der Waals surface area contributed by atoms with Crippen LogP contribution in [0.15, 0.2) is 52.9 Å². The van der Waals surface area contributed by atoms with Crippen molar-refractivity contribution in [3.8, 4) is 11.1 Å². The average Bonchev–Trinajstić information content (AvgIpc) is 3.26. The van der Waals surface area contributed by atoms with E-state index in [0.717, 1.165) is 15.2 Å². The number of ketones is 1. The highest BCUT2D eigenvalue weighted by Gasteiger charge is 2.12. The van der Waals surface area contributed by atoms with E-state index >= 15 is 0 Å². The predicted octanol–water partition coefficient (Wildman–Crippen LogP) is 4.46. The maximum atomic E-state index is 11.0. The van der Waals surface area contributed by atoms with Crippen molar-refractivity contribution in [3.05, 3.63) is 65.3 Å². The standard InChI is InChI=1S/C20H17N3O2S/c1-13(24)7-10-18-22-23-19(25-18)12-20-21-16-9-8-15(11-17(16)26-20)14-5-3-2-4-6-14/h2-6,8-9,11H,7,10,12H2,1H3. The van der Waals surface area contributed by atoms with Crippen LogP contribution in [0.2, 0.25) is 0 Å². The molecule has 0 aliphatic rings. The lowest BCUT2D eigenvalue weighted by molar-refractivity contribution is -0.117. The maximum absolute atomic E-state index is 11.0. The van der Waals surface area contributed by atoms with Gasteiger partial charge in [-0.05, 0) is 30.2 Å². The summed E-state index contributed by atoms with van der Waals surface area (Å²) in [5, 5.41) is 9.00. The van der Waals surface area contributed by atoms with Gasteiger partial charge >= 0.3 is 0 Å². The number of thiazole rings is 1. The molecule has 0 aliphatic heterocycles. The number of fused-ring (bicyclic) bond motifs is 1. The molecule has 0 saturated heterocycles. The third kappa shape index (κ3) is 3.70. The van der Waals surface area contributed by atoms with Crippen molar-refractivity contribution >= 4 is 27.3 Å². The van der Waals surface area contributed by atoms with Crippen molar-refractivity contribution in [3.63, 3.8) is 0 Å². The molecule has 0 N–H and O–H groups in total. The van der Waals surface area contributed by atoms with E-state index in [1.54, 1.807) is 18.3 Å². The second-order valence-electron chi connectivity index (χ2n) is 6.12. The monoisotopic (exact) mass is 363 g/mol. The van der Waals surface area contributed by atoms with Gasteiger partial charge in [-0.1, -0.05) is 36.4 Å². The van der Waals surface area contributed by atoms with Crippen LogP contribution in [0.1, 0.15) is 30.1 Å². The van der Waals surface area contributed by atoms with Gasteiger partial charge in [0.15, 0.2) is 0 Å². The predicted molar refractivity (Wildman–Crippen MR) is 101 cm³/mol. The molecule has 2 aromatic heterocycles. The van der Waals surface area contributed by atoms with Crippen molar-refractivity contribution in [1.29, 1.82) is 0 Å². The molecule has 26 heavy (non-hydrogen) atoms. The summed E-state index contributed by atoms with van der Waals surface area (Å²) in [5.41, 5.74) is 3.34. The maximum Gasteiger partial charge on any atom is 0.223 e. The van der Waals surface area contributed by atoms with Gasteiger partial charge in [-0.25, -0.2) is 4.98 Å². The summed E-state index contributed by atoms with van der Waals surface area (Å²) in [4.78, 5) is 15.7. The van der Waals surface area contributed by atoms with Crippen molar-refractivity contribution < 1.29 is 9.21 Å². The number of carbonyl (C=O) groups excluding carboxylic acids is 1. The Labute approximate surface area is 154 Å². The number of carbonyl (C=O) groups is 1. The Balaban J connectivity index is 1.53. The van der Waals surface area contributed by atoms with Crippen LogP contribution in [0.25, 0.3) is 21.3 Å². The molecule has 4 aromatic rings. The molecule has 0 aliphatic carbocycles. The Bertz CT molecular complexity index is 1050. The Morgan fingerprint density at radius 3 is 2.65 bits per heavy atom. The number of rotatable bonds is 6. The minimum Gasteiger partial charge on any atom is -0.425 e. The molecule has 0 unspecified atom stereocenters. The molecule has 0 radical (unpaired) electrons. The number of aromatic nitrogens is 3. The van der Waals surface area contributed by atoms with Gasteiger partial charge < -0.3 is 9.21 Å². The van der Waals surface area contributed by atoms with Gasteiger partial charge in [0.2, 0.25) is 11.8 Å². The van der Waals surface area contributed by atoms with E-state index < -0.39 is 0 Å². The third-order valence-corrected chi connectivity index (χ3v) is 5.06. The summed E-state index contributed by atoms with van der Waals surface area (Å²) in [7, 11) is 0. The van der Waals surface area contributed by atoms with Crippen molar-refractivity contribution in [2.75, 3.05) is 0 Å². The smallest absolute Gasteiger partial charge is 0.223 e. The summed E-state index contributed by atoms with van der Waals surface area (Å²) < 4.78 is 6.76. The fourth-order valence-corrected chi connectivity index (χ4v) is 3.73. The van der Waals surface area contributed by atoms with E-state index in [-0.39, 0.29) is 5.78 Å². The summed E-state index contributed by atoms with van der Waals surface area (Å²) in [5.74, 6) is 1.15. The molecule has 2 aromatic carbocycles. The van der Waals surface area contributed by atoms with Crippen LogP contribution >= 0.6 is 11.3 Å². The summed E-state index contributed by atoms with van der Waals surface area (Å²) in [6, 6.07) is 16.6. The van der Waals surface area contributed by atoms with Crippen molar-refractivity contribution in [1.82, 2.24) is 15.2 Å². The summed E-state index contributed by atoms with van der Waals surface area (Å²) in [6.45, 7) is 1.56. The fourth-order valence-electron chi connectivity index (χ4n) is 2.73. The first-order valence-corrected chi connectivity index (χ1v) is 9.24. The molecule has 5 nitrogen and oxygen atoms in total. The van der Waals surface area contributed by atoms with Crippen LogP contribution in [0.4, 0.5) is 0 Å². The second kappa shape index (κ2) is 7.17. The number of nitrogens with zero attached hydrogens (tertiary/aromatic N) is 3. The quantitative estimate of drug-likeness (QED) is 0.506. The zero-order valence-corrected chi connectivity index (χ0v) is 15.1. The van der Waals surface area contributed by atoms with Gasteiger partial charge in [0.1, 0.15) is 10.8 Å². The van der Waals surface area contributed by atoms with E-state index in [2.05, 4.69) is 39.4 Å². The average molecular weight is 363 g/mol. The molecule has 0 bridgehead atoms. The highest BCUT2D eigenvalue weighted by Crippen LogP contribution is 2.29. The van der Waals surface area contributed by atoms with Crippen LogP contribution in [-0.2, 0) is 17.6 Å². The number of aryl methyl sites for hydroxylation is 1. The first-order chi connectivity index (χ1) is 12.7. The van der Waals surface area contributed by atoms with Gasteiger partial charge in [-0.15, -0.1) is 21.5 Å². The van der Waals surface area contributed by atoms with Gasteiger partial charge in [-0.2, -0.15) is 0 Å². The van der Waals surface area contributed by atoms with E-state index in [0.29, 0.717) is 31.0 Å². The highest BCUT2D eigenvalue weighted by atomic mass is 32.1. The lowest BCUT2D eigenvalue weighted by Gasteiger charge is -2.00. The SMILES string of the molecule is CC(=O)CCc1nnc(Cc2nc3ccc(-c4ccccc4)cc3s2)o1. The first kappa shape index (κ1) is 16.6. The summed E-state index contributed by atoms with van der Waals surface area (Å²) >= 11 is 1.64. The molecule has 130 valence electrons. The molecule has 0 amide bonds. The van der Waals surface area contributed by atoms with Crippen LogP contribution in [0.5, 0.6) is 0 Å². The number of benzene rings is 2. The fraction of sp³-hybridized carbons (Fsp3) is 0.200. The minimum atomic E-state index is 0.116. The minimum absolute atomic E-state index is 0.116. The van der Waals surface area contributed by atoms with E-state index in [9.17, 15) is 4.79 Å². The van der Waals surface area contributed by atoms with Gasteiger partial charge in [-0.3, -0.25) is 0 Å². The Morgan fingerprint density at radius 2 is 1.85 bits per heavy atom. The normalized spacial score (nSPS) is 11.1. The second-order valence-corrected chi connectivity index (χ2v) is 7.24. The molecule has 4 rings (SSSR count). The Kier molecular flexibility index (Phi) is 4.58. The van der Waals surface area contributed by atoms with Crippen LogP contribution in [-0.4, -0.2) is 21.0 Å². The van der Waals surface area contributed by atoms with Gasteiger partial charge in [0.05, 0.1) is 16.6 Å². The number of hydrogen-bond acceptors (Lipinski definition) is 6. The van der Waals surface area contributed by atoms with E-state index in [4.69, 9.17) is 4.42 Å². The lowest BCUT2D eigenvalue weighted by atomic mass is 10.1. The molecular formula is C20H17N3O2S. The molecule has 0 saturated carbocycles. The van der Waals surface area contributed by atoms with Gasteiger partial charge in [0, 0.05) is 12.8 Å². The zero-order valence-electron chi connectivity index (χ0n) is 14.3. The Morgan fingerprint density at radius 1 is 1.04 bits per heavy atom. The lowest BCUT2D eigenvalue weighted by Crippen LogP contribution is -1.93. The summed E-state index contributed by atoms with van der Waals surface area (Å²) in [6.07, 6.45) is 1.42. The molecule has 2 heterocycles. The molecule has 0 spiro atoms.